The molecule has 1 unspecified atom stereocenters. The van der Waals surface area contributed by atoms with Crippen LogP contribution in [-0.4, -0.2) is 0 Å². The molecular formula is C16H28. The molecule has 0 nitrogen and oxygen atoms in total. The molecule has 3 aliphatic carbocycles. The number of rotatable bonds is 5. The van der Waals surface area contributed by atoms with Gasteiger partial charge in [-0.25, -0.2) is 0 Å². The second kappa shape index (κ2) is 4.70. The molecule has 0 bridgehead atoms. The van der Waals surface area contributed by atoms with Crippen LogP contribution in [0.2, 0.25) is 0 Å². The zero-order chi connectivity index (χ0) is 11.0. The summed E-state index contributed by atoms with van der Waals surface area (Å²) in [6, 6.07) is 0. The van der Waals surface area contributed by atoms with Gasteiger partial charge in [0.25, 0.3) is 0 Å². The van der Waals surface area contributed by atoms with Crippen molar-refractivity contribution in [2.24, 2.45) is 29.6 Å². The molecule has 0 amide bonds. The zero-order valence-electron chi connectivity index (χ0n) is 11.0. The molecule has 0 aromatic heterocycles. The Hall–Kier alpha value is 0. The van der Waals surface area contributed by atoms with Gasteiger partial charge in [-0.2, -0.15) is 0 Å². The van der Waals surface area contributed by atoms with Crippen LogP contribution in [0.5, 0.6) is 0 Å². The van der Waals surface area contributed by atoms with E-state index in [0.717, 1.165) is 29.6 Å². The fraction of sp³-hybridized carbons (Fsp3) is 1.00. The van der Waals surface area contributed by atoms with Gasteiger partial charge in [-0.05, 0) is 55.3 Å². The molecule has 0 aromatic rings. The Kier molecular flexibility index (Phi) is 3.27. The van der Waals surface area contributed by atoms with Crippen LogP contribution in [0.15, 0.2) is 0 Å². The SMILES string of the molecule is CC(C1CC1)C1CC(CCC2CCCC2)C1. The van der Waals surface area contributed by atoms with Gasteiger partial charge >= 0.3 is 0 Å². The van der Waals surface area contributed by atoms with E-state index in [2.05, 4.69) is 6.92 Å². The van der Waals surface area contributed by atoms with Gasteiger partial charge in [0.05, 0.1) is 0 Å². The number of hydrogen-bond acceptors (Lipinski definition) is 0. The van der Waals surface area contributed by atoms with Gasteiger partial charge in [0.2, 0.25) is 0 Å². The van der Waals surface area contributed by atoms with E-state index in [1.165, 1.54) is 12.8 Å². The average Bonchev–Trinajstić information content (AvgIpc) is 2.94. The molecule has 3 aliphatic rings. The van der Waals surface area contributed by atoms with Crippen molar-refractivity contribution >= 4 is 0 Å². The van der Waals surface area contributed by atoms with Crippen LogP contribution in [0.25, 0.3) is 0 Å². The van der Waals surface area contributed by atoms with Crippen LogP contribution in [0.1, 0.15) is 71.1 Å². The van der Waals surface area contributed by atoms with E-state index < -0.39 is 0 Å². The van der Waals surface area contributed by atoms with Crippen LogP contribution < -0.4 is 0 Å². The van der Waals surface area contributed by atoms with Crippen molar-refractivity contribution in [2.45, 2.75) is 71.1 Å². The first-order valence-electron chi connectivity index (χ1n) is 7.83. The Morgan fingerprint density at radius 3 is 2.06 bits per heavy atom. The first-order valence-corrected chi connectivity index (χ1v) is 7.83. The first-order chi connectivity index (χ1) is 7.83. The van der Waals surface area contributed by atoms with Crippen LogP contribution in [0.3, 0.4) is 0 Å². The van der Waals surface area contributed by atoms with Gasteiger partial charge < -0.3 is 0 Å². The van der Waals surface area contributed by atoms with Crippen molar-refractivity contribution in [1.29, 1.82) is 0 Å². The number of hydrogen-bond donors (Lipinski definition) is 0. The van der Waals surface area contributed by atoms with E-state index in [9.17, 15) is 0 Å². The summed E-state index contributed by atoms with van der Waals surface area (Å²) in [5, 5.41) is 0. The highest BCUT2D eigenvalue weighted by Crippen LogP contribution is 2.50. The third kappa shape index (κ3) is 2.46. The minimum Gasteiger partial charge on any atom is -0.0620 e. The van der Waals surface area contributed by atoms with E-state index in [4.69, 9.17) is 0 Å². The fourth-order valence-electron chi connectivity index (χ4n) is 4.23. The van der Waals surface area contributed by atoms with Crippen molar-refractivity contribution in [3.63, 3.8) is 0 Å². The van der Waals surface area contributed by atoms with Gasteiger partial charge in [-0.1, -0.05) is 45.4 Å². The molecule has 3 saturated carbocycles. The minimum atomic E-state index is 1.07. The van der Waals surface area contributed by atoms with Crippen molar-refractivity contribution in [3.8, 4) is 0 Å². The summed E-state index contributed by atoms with van der Waals surface area (Å²) in [7, 11) is 0. The van der Waals surface area contributed by atoms with E-state index in [1.807, 2.05) is 0 Å². The van der Waals surface area contributed by atoms with E-state index in [0.29, 0.717) is 0 Å². The molecule has 92 valence electrons. The third-order valence-electron chi connectivity index (χ3n) is 5.84. The highest BCUT2D eigenvalue weighted by atomic mass is 14.4. The van der Waals surface area contributed by atoms with Crippen molar-refractivity contribution < 1.29 is 0 Å². The Morgan fingerprint density at radius 2 is 1.44 bits per heavy atom. The van der Waals surface area contributed by atoms with Gasteiger partial charge in [0.15, 0.2) is 0 Å². The van der Waals surface area contributed by atoms with E-state index in [-0.39, 0.29) is 0 Å². The Labute approximate surface area is 101 Å². The van der Waals surface area contributed by atoms with Gasteiger partial charge in [-0.15, -0.1) is 0 Å². The smallest absolute Gasteiger partial charge is 0.0381 e. The minimum absolute atomic E-state index is 1.07. The van der Waals surface area contributed by atoms with Gasteiger partial charge in [-0.3, -0.25) is 0 Å². The molecule has 0 heterocycles. The zero-order valence-corrected chi connectivity index (χ0v) is 11.0. The van der Waals surface area contributed by atoms with Gasteiger partial charge in [0.1, 0.15) is 0 Å². The Morgan fingerprint density at radius 1 is 0.812 bits per heavy atom. The lowest BCUT2D eigenvalue weighted by Gasteiger charge is -2.40. The van der Waals surface area contributed by atoms with Crippen LogP contribution in [0.4, 0.5) is 0 Å². The summed E-state index contributed by atoms with van der Waals surface area (Å²) in [5.74, 6) is 5.59. The quantitative estimate of drug-likeness (QED) is 0.609. The molecule has 0 aliphatic heterocycles. The lowest BCUT2D eigenvalue weighted by Crippen LogP contribution is -2.30. The average molecular weight is 220 g/mol. The Balaban J connectivity index is 1.31. The Bertz CT molecular complexity index is 213. The molecule has 0 radical (unpaired) electrons. The molecule has 3 fully saturated rings. The normalized spacial score (nSPS) is 37.3. The highest BCUT2D eigenvalue weighted by molar-refractivity contribution is 4.90. The summed E-state index contributed by atoms with van der Waals surface area (Å²) >= 11 is 0. The highest BCUT2D eigenvalue weighted by Gasteiger charge is 2.39. The molecule has 0 aromatic carbocycles. The van der Waals surface area contributed by atoms with Crippen molar-refractivity contribution in [2.75, 3.05) is 0 Å². The second-order valence-electron chi connectivity index (χ2n) is 7.02. The van der Waals surface area contributed by atoms with Crippen LogP contribution in [0, 0.1) is 29.6 Å². The molecule has 0 saturated heterocycles. The topological polar surface area (TPSA) is 0 Å². The van der Waals surface area contributed by atoms with Crippen molar-refractivity contribution in [3.05, 3.63) is 0 Å². The maximum absolute atomic E-state index is 2.52. The van der Waals surface area contributed by atoms with Gasteiger partial charge in [0, 0.05) is 0 Å². The van der Waals surface area contributed by atoms with E-state index in [1.54, 1.807) is 51.4 Å². The summed E-state index contributed by atoms with van der Waals surface area (Å²) in [6.45, 7) is 2.52. The second-order valence-corrected chi connectivity index (χ2v) is 7.02. The monoisotopic (exact) mass is 220 g/mol. The predicted octanol–water partition coefficient (Wildman–Crippen LogP) is 5.03. The molecule has 0 heteroatoms. The first kappa shape index (κ1) is 11.1. The standard InChI is InChI=1S/C16H28/c1-12(15-8-9-15)16-10-14(11-16)7-6-13-4-2-3-5-13/h12-16H,2-11H2,1H3. The lowest BCUT2D eigenvalue weighted by atomic mass is 9.66. The molecule has 3 rings (SSSR count). The summed E-state index contributed by atoms with van der Waals surface area (Å²) in [4.78, 5) is 0. The predicted molar refractivity (Wildman–Crippen MR) is 69.3 cm³/mol. The lowest BCUT2D eigenvalue weighted by molar-refractivity contribution is 0.107. The van der Waals surface area contributed by atoms with Crippen LogP contribution in [-0.2, 0) is 0 Å². The summed E-state index contributed by atoms with van der Waals surface area (Å²) < 4.78 is 0. The largest absolute Gasteiger partial charge is 0.0620 e. The molecule has 0 spiro atoms. The molecule has 1 atom stereocenters. The van der Waals surface area contributed by atoms with Crippen molar-refractivity contribution in [1.82, 2.24) is 0 Å². The third-order valence-corrected chi connectivity index (χ3v) is 5.84. The summed E-state index contributed by atoms with van der Waals surface area (Å²) in [6.07, 6.45) is 15.5. The maximum atomic E-state index is 2.52. The molecular weight excluding hydrogens is 192 g/mol. The fourth-order valence-corrected chi connectivity index (χ4v) is 4.23. The maximum Gasteiger partial charge on any atom is -0.0381 e. The summed E-state index contributed by atoms with van der Waals surface area (Å²) in [5.41, 5.74) is 0. The molecule has 0 N–H and O–H groups in total. The van der Waals surface area contributed by atoms with Crippen LogP contribution >= 0.6 is 0 Å². The van der Waals surface area contributed by atoms with E-state index >= 15 is 0 Å². The molecule has 16 heavy (non-hydrogen) atoms.